The van der Waals surface area contributed by atoms with Crippen molar-refractivity contribution in [3.05, 3.63) is 41.5 Å². The SMILES string of the molecule is CC(C)C(NC(=O)c1nc(N)n[nH]1)c1ccc(F)cc1. The number of aromatic amines is 1. The summed E-state index contributed by atoms with van der Waals surface area (Å²) in [5.74, 6) is -0.527. The van der Waals surface area contributed by atoms with Gasteiger partial charge in [-0.25, -0.2) is 4.39 Å². The Morgan fingerprint density at radius 3 is 2.50 bits per heavy atom. The number of aromatic nitrogens is 3. The van der Waals surface area contributed by atoms with Crippen molar-refractivity contribution in [2.75, 3.05) is 5.73 Å². The first-order chi connectivity index (χ1) is 9.47. The molecule has 1 aromatic heterocycles. The quantitative estimate of drug-likeness (QED) is 0.791. The van der Waals surface area contributed by atoms with Gasteiger partial charge in [0.15, 0.2) is 0 Å². The number of nitrogens with two attached hydrogens (primary N) is 1. The molecule has 0 aliphatic rings. The van der Waals surface area contributed by atoms with E-state index in [1.807, 2.05) is 13.8 Å². The summed E-state index contributed by atoms with van der Waals surface area (Å²) in [4.78, 5) is 15.8. The lowest BCUT2D eigenvalue weighted by Gasteiger charge is -2.22. The summed E-state index contributed by atoms with van der Waals surface area (Å²) in [6.07, 6.45) is 0. The molecule has 0 radical (unpaired) electrons. The number of amides is 1. The van der Waals surface area contributed by atoms with Gasteiger partial charge in [0.1, 0.15) is 5.82 Å². The number of nitrogens with one attached hydrogen (secondary N) is 2. The van der Waals surface area contributed by atoms with E-state index in [1.54, 1.807) is 12.1 Å². The van der Waals surface area contributed by atoms with Crippen molar-refractivity contribution in [2.45, 2.75) is 19.9 Å². The topological polar surface area (TPSA) is 96.7 Å². The number of hydrogen-bond acceptors (Lipinski definition) is 4. The van der Waals surface area contributed by atoms with Gasteiger partial charge in [-0.1, -0.05) is 26.0 Å². The normalized spacial score (nSPS) is 12.4. The van der Waals surface area contributed by atoms with Gasteiger partial charge < -0.3 is 11.1 Å². The number of H-pyrrole nitrogens is 1. The number of anilines is 1. The molecule has 1 heterocycles. The lowest BCUT2D eigenvalue weighted by molar-refractivity contribution is 0.0915. The van der Waals surface area contributed by atoms with Crippen LogP contribution in [0.1, 0.15) is 36.1 Å². The smallest absolute Gasteiger partial charge is 0.289 e. The Labute approximate surface area is 115 Å². The van der Waals surface area contributed by atoms with Crippen LogP contribution in [0.25, 0.3) is 0 Å². The minimum Gasteiger partial charge on any atom is -0.366 e. The van der Waals surface area contributed by atoms with Gasteiger partial charge in [-0.15, -0.1) is 5.10 Å². The van der Waals surface area contributed by atoms with Crippen LogP contribution in [0.4, 0.5) is 10.3 Å². The fourth-order valence-electron chi connectivity index (χ4n) is 1.89. The van der Waals surface area contributed by atoms with Crippen LogP contribution in [-0.2, 0) is 0 Å². The van der Waals surface area contributed by atoms with E-state index in [0.29, 0.717) is 0 Å². The van der Waals surface area contributed by atoms with Crippen molar-refractivity contribution < 1.29 is 9.18 Å². The molecule has 6 nitrogen and oxygen atoms in total. The molecule has 2 rings (SSSR count). The zero-order valence-corrected chi connectivity index (χ0v) is 11.2. The molecule has 0 fully saturated rings. The second-order valence-corrected chi connectivity index (χ2v) is 4.79. The summed E-state index contributed by atoms with van der Waals surface area (Å²) in [5, 5.41) is 8.89. The van der Waals surface area contributed by atoms with Gasteiger partial charge in [-0.05, 0) is 23.6 Å². The third-order valence-corrected chi connectivity index (χ3v) is 2.90. The molecule has 1 unspecified atom stereocenters. The fraction of sp³-hybridized carbons (Fsp3) is 0.308. The van der Waals surface area contributed by atoms with Gasteiger partial charge in [0.05, 0.1) is 6.04 Å². The second-order valence-electron chi connectivity index (χ2n) is 4.79. The number of nitrogen functional groups attached to an aromatic ring is 1. The van der Waals surface area contributed by atoms with Crippen LogP contribution in [0.2, 0.25) is 0 Å². The van der Waals surface area contributed by atoms with Crippen molar-refractivity contribution in [1.82, 2.24) is 20.5 Å². The van der Waals surface area contributed by atoms with Crippen molar-refractivity contribution >= 4 is 11.9 Å². The van der Waals surface area contributed by atoms with Crippen molar-refractivity contribution in [2.24, 2.45) is 5.92 Å². The highest BCUT2D eigenvalue weighted by Gasteiger charge is 2.21. The van der Waals surface area contributed by atoms with E-state index >= 15 is 0 Å². The molecule has 106 valence electrons. The van der Waals surface area contributed by atoms with Crippen LogP contribution in [0.15, 0.2) is 24.3 Å². The number of carbonyl (C=O) groups is 1. The number of halogens is 1. The Morgan fingerprint density at radius 2 is 2.00 bits per heavy atom. The highest BCUT2D eigenvalue weighted by Crippen LogP contribution is 2.22. The molecule has 1 atom stereocenters. The summed E-state index contributed by atoms with van der Waals surface area (Å²) in [6, 6.07) is 5.77. The van der Waals surface area contributed by atoms with Crippen LogP contribution in [0.5, 0.6) is 0 Å². The molecule has 1 amide bonds. The zero-order chi connectivity index (χ0) is 14.7. The van der Waals surface area contributed by atoms with Crippen LogP contribution in [0, 0.1) is 11.7 Å². The van der Waals surface area contributed by atoms with Gasteiger partial charge in [0.25, 0.3) is 5.91 Å². The van der Waals surface area contributed by atoms with Crippen molar-refractivity contribution in [3.8, 4) is 0 Å². The Hall–Kier alpha value is -2.44. The maximum atomic E-state index is 13.0. The van der Waals surface area contributed by atoms with E-state index in [1.165, 1.54) is 12.1 Å². The molecule has 0 bridgehead atoms. The van der Waals surface area contributed by atoms with E-state index in [0.717, 1.165) is 5.56 Å². The maximum Gasteiger partial charge on any atom is 0.289 e. The predicted molar refractivity (Wildman–Crippen MR) is 72.2 cm³/mol. The Kier molecular flexibility index (Phi) is 3.97. The minimum atomic E-state index is -0.405. The third kappa shape index (κ3) is 3.11. The van der Waals surface area contributed by atoms with Crippen LogP contribution in [0.3, 0.4) is 0 Å². The average molecular weight is 277 g/mol. The molecular weight excluding hydrogens is 261 g/mol. The van der Waals surface area contributed by atoms with Gasteiger partial charge in [0, 0.05) is 0 Å². The van der Waals surface area contributed by atoms with Crippen LogP contribution < -0.4 is 11.1 Å². The highest BCUT2D eigenvalue weighted by atomic mass is 19.1. The highest BCUT2D eigenvalue weighted by molar-refractivity contribution is 5.90. The van der Waals surface area contributed by atoms with E-state index in [-0.39, 0.29) is 29.5 Å². The zero-order valence-electron chi connectivity index (χ0n) is 11.2. The Morgan fingerprint density at radius 1 is 1.35 bits per heavy atom. The number of carbonyl (C=O) groups excluding carboxylic acids is 1. The molecular formula is C13H16FN5O. The summed E-state index contributed by atoms with van der Waals surface area (Å²) < 4.78 is 13.0. The van der Waals surface area contributed by atoms with E-state index < -0.39 is 5.91 Å². The first-order valence-electron chi connectivity index (χ1n) is 6.21. The average Bonchev–Trinajstić information content (AvgIpc) is 2.83. The molecule has 0 aliphatic heterocycles. The second kappa shape index (κ2) is 5.68. The van der Waals surface area contributed by atoms with Crippen molar-refractivity contribution in [3.63, 3.8) is 0 Å². The summed E-state index contributed by atoms with van der Waals surface area (Å²) in [6.45, 7) is 3.92. The van der Waals surface area contributed by atoms with Crippen LogP contribution in [-0.4, -0.2) is 21.1 Å². The van der Waals surface area contributed by atoms with Gasteiger partial charge in [0.2, 0.25) is 11.8 Å². The van der Waals surface area contributed by atoms with Gasteiger partial charge in [-0.2, -0.15) is 4.98 Å². The van der Waals surface area contributed by atoms with Crippen molar-refractivity contribution in [1.29, 1.82) is 0 Å². The summed E-state index contributed by atoms with van der Waals surface area (Å²) in [7, 11) is 0. The maximum absolute atomic E-state index is 13.0. The molecule has 1 aromatic carbocycles. The standard InChI is InChI=1S/C13H16FN5O/c1-7(2)10(8-3-5-9(14)6-4-8)16-12(20)11-17-13(15)19-18-11/h3-7,10H,1-2H3,(H,16,20)(H3,15,17,18,19). The third-order valence-electron chi connectivity index (χ3n) is 2.90. The molecule has 2 aromatic rings. The lowest BCUT2D eigenvalue weighted by Crippen LogP contribution is -2.32. The summed E-state index contributed by atoms with van der Waals surface area (Å²) in [5.41, 5.74) is 6.18. The molecule has 7 heteroatoms. The minimum absolute atomic E-state index is 0.0121. The molecule has 0 spiro atoms. The first-order valence-corrected chi connectivity index (χ1v) is 6.21. The molecule has 0 saturated heterocycles. The molecule has 20 heavy (non-hydrogen) atoms. The largest absolute Gasteiger partial charge is 0.366 e. The lowest BCUT2D eigenvalue weighted by atomic mass is 9.96. The number of benzene rings is 1. The fourth-order valence-corrected chi connectivity index (χ4v) is 1.89. The van der Waals surface area contributed by atoms with Crippen LogP contribution >= 0.6 is 0 Å². The molecule has 4 N–H and O–H groups in total. The predicted octanol–water partition coefficient (Wildman–Crippen LogP) is 1.65. The molecule has 0 saturated carbocycles. The van der Waals surface area contributed by atoms with E-state index in [4.69, 9.17) is 5.73 Å². The van der Waals surface area contributed by atoms with Gasteiger partial charge in [-0.3, -0.25) is 9.89 Å². The van der Waals surface area contributed by atoms with E-state index in [2.05, 4.69) is 20.5 Å². The number of nitrogens with zero attached hydrogens (tertiary/aromatic N) is 2. The van der Waals surface area contributed by atoms with Gasteiger partial charge >= 0.3 is 0 Å². The Bertz CT molecular complexity index is 593. The number of rotatable bonds is 4. The van der Waals surface area contributed by atoms with E-state index in [9.17, 15) is 9.18 Å². The summed E-state index contributed by atoms with van der Waals surface area (Å²) >= 11 is 0. The number of hydrogen-bond donors (Lipinski definition) is 3. The Balaban J connectivity index is 2.17. The first kappa shape index (κ1) is 14.0. The monoisotopic (exact) mass is 277 g/mol. The molecule has 0 aliphatic carbocycles.